The van der Waals surface area contributed by atoms with E-state index in [4.69, 9.17) is 14.2 Å². The minimum atomic E-state index is -4.78. The SMILES string of the molecule is COc1ccc(C(=O)COC(=O)/C=C/c2ccc(OC(F)(F)F)cc2)cc1OC. The molecule has 2 aromatic rings. The van der Waals surface area contributed by atoms with Crippen LogP contribution in [0.5, 0.6) is 17.2 Å². The Morgan fingerprint density at radius 1 is 0.966 bits per heavy atom. The van der Waals surface area contributed by atoms with Crippen molar-refractivity contribution in [3.8, 4) is 17.2 Å². The lowest BCUT2D eigenvalue weighted by atomic mass is 10.1. The summed E-state index contributed by atoms with van der Waals surface area (Å²) in [5.74, 6) is -0.785. The molecule has 0 saturated heterocycles. The predicted molar refractivity (Wildman–Crippen MR) is 97.0 cm³/mol. The van der Waals surface area contributed by atoms with Crippen LogP contribution in [-0.4, -0.2) is 38.9 Å². The zero-order valence-corrected chi connectivity index (χ0v) is 15.5. The molecule has 2 rings (SSSR count). The van der Waals surface area contributed by atoms with Gasteiger partial charge in [-0.05, 0) is 42.0 Å². The Balaban J connectivity index is 1.90. The Morgan fingerprint density at radius 2 is 1.62 bits per heavy atom. The van der Waals surface area contributed by atoms with Crippen molar-refractivity contribution < 1.29 is 41.7 Å². The molecule has 0 N–H and O–H groups in total. The summed E-state index contributed by atoms with van der Waals surface area (Å²) in [6, 6.07) is 9.42. The molecule has 0 unspecified atom stereocenters. The quantitative estimate of drug-likeness (QED) is 0.372. The summed E-state index contributed by atoms with van der Waals surface area (Å²) < 4.78 is 55.1. The standard InChI is InChI=1S/C20H17F3O6/c1-26-17-9-6-14(11-18(17)27-2)16(24)12-28-19(25)10-5-13-3-7-15(8-4-13)29-20(21,22)23/h3-11H,12H2,1-2H3/b10-5+. The van der Waals surface area contributed by atoms with Crippen molar-refractivity contribution in [2.45, 2.75) is 6.36 Å². The van der Waals surface area contributed by atoms with Crippen LogP contribution in [0, 0.1) is 0 Å². The van der Waals surface area contributed by atoms with Gasteiger partial charge in [0.05, 0.1) is 14.2 Å². The molecule has 0 amide bonds. The molecule has 0 atom stereocenters. The van der Waals surface area contributed by atoms with Gasteiger partial charge in [-0.15, -0.1) is 13.2 Å². The molecular formula is C20H17F3O6. The molecule has 0 heterocycles. The molecule has 2 aromatic carbocycles. The number of rotatable bonds is 8. The summed E-state index contributed by atoms with van der Waals surface area (Å²) >= 11 is 0. The zero-order chi connectivity index (χ0) is 21.4. The predicted octanol–water partition coefficient (Wildman–Crippen LogP) is 4.04. The van der Waals surface area contributed by atoms with Crippen LogP contribution >= 0.6 is 0 Å². The number of alkyl halides is 3. The van der Waals surface area contributed by atoms with E-state index in [0.717, 1.165) is 18.2 Å². The third kappa shape index (κ3) is 6.87. The van der Waals surface area contributed by atoms with E-state index in [1.165, 1.54) is 44.6 Å². The van der Waals surface area contributed by atoms with Gasteiger partial charge in [0.25, 0.3) is 0 Å². The van der Waals surface area contributed by atoms with Crippen LogP contribution in [0.4, 0.5) is 13.2 Å². The first-order valence-electron chi connectivity index (χ1n) is 8.17. The lowest BCUT2D eigenvalue weighted by Gasteiger charge is -2.09. The highest BCUT2D eigenvalue weighted by atomic mass is 19.4. The fourth-order valence-electron chi connectivity index (χ4n) is 2.22. The maximum Gasteiger partial charge on any atom is 0.573 e. The van der Waals surface area contributed by atoms with Crippen molar-refractivity contribution in [2.75, 3.05) is 20.8 Å². The third-order valence-corrected chi connectivity index (χ3v) is 3.58. The molecule has 0 aliphatic carbocycles. The number of carbonyl (C=O) groups is 2. The van der Waals surface area contributed by atoms with Gasteiger partial charge < -0.3 is 18.9 Å². The Kier molecular flexibility index (Phi) is 7.24. The highest BCUT2D eigenvalue weighted by molar-refractivity contribution is 5.99. The van der Waals surface area contributed by atoms with Crippen molar-refractivity contribution in [1.29, 1.82) is 0 Å². The molecule has 0 aromatic heterocycles. The number of ketones is 1. The average molecular weight is 410 g/mol. The number of methoxy groups -OCH3 is 2. The second-order valence-electron chi connectivity index (χ2n) is 5.55. The normalized spacial score (nSPS) is 11.2. The number of benzene rings is 2. The lowest BCUT2D eigenvalue weighted by molar-refractivity contribution is -0.274. The zero-order valence-electron chi connectivity index (χ0n) is 15.5. The smallest absolute Gasteiger partial charge is 0.493 e. The van der Waals surface area contributed by atoms with Crippen LogP contribution in [0.1, 0.15) is 15.9 Å². The Labute approximate surface area is 164 Å². The van der Waals surface area contributed by atoms with Crippen LogP contribution in [0.3, 0.4) is 0 Å². The first-order valence-corrected chi connectivity index (χ1v) is 8.17. The van der Waals surface area contributed by atoms with Crippen molar-refractivity contribution in [3.63, 3.8) is 0 Å². The molecular weight excluding hydrogens is 393 g/mol. The third-order valence-electron chi connectivity index (χ3n) is 3.58. The molecule has 154 valence electrons. The summed E-state index contributed by atoms with van der Waals surface area (Å²) in [4.78, 5) is 23.9. The van der Waals surface area contributed by atoms with E-state index in [1.807, 2.05) is 0 Å². The largest absolute Gasteiger partial charge is 0.573 e. The molecule has 0 bridgehead atoms. The van der Waals surface area contributed by atoms with Gasteiger partial charge in [-0.1, -0.05) is 12.1 Å². The Morgan fingerprint density at radius 3 is 2.21 bits per heavy atom. The molecule has 29 heavy (non-hydrogen) atoms. The molecule has 0 aliphatic rings. The summed E-state index contributed by atoms with van der Waals surface area (Å²) in [5.41, 5.74) is 0.724. The van der Waals surface area contributed by atoms with Gasteiger partial charge in [-0.2, -0.15) is 0 Å². The van der Waals surface area contributed by atoms with E-state index in [1.54, 1.807) is 6.07 Å². The molecule has 0 radical (unpaired) electrons. The number of hydrogen-bond donors (Lipinski definition) is 0. The summed E-state index contributed by atoms with van der Waals surface area (Å²) in [6.45, 7) is -0.489. The van der Waals surface area contributed by atoms with E-state index in [0.29, 0.717) is 17.1 Å². The fraction of sp³-hybridized carbons (Fsp3) is 0.200. The van der Waals surface area contributed by atoms with Gasteiger partial charge >= 0.3 is 12.3 Å². The molecule has 0 saturated carbocycles. The van der Waals surface area contributed by atoms with Crippen LogP contribution in [-0.2, 0) is 9.53 Å². The fourth-order valence-corrected chi connectivity index (χ4v) is 2.22. The van der Waals surface area contributed by atoms with Crippen molar-refractivity contribution in [2.24, 2.45) is 0 Å². The topological polar surface area (TPSA) is 71.1 Å². The second-order valence-corrected chi connectivity index (χ2v) is 5.55. The highest BCUT2D eigenvalue weighted by Gasteiger charge is 2.30. The van der Waals surface area contributed by atoms with Crippen LogP contribution < -0.4 is 14.2 Å². The molecule has 0 aliphatic heterocycles. The first-order chi connectivity index (χ1) is 13.7. The van der Waals surface area contributed by atoms with Gasteiger partial charge in [0.15, 0.2) is 23.9 Å². The van der Waals surface area contributed by atoms with Gasteiger partial charge in [-0.3, -0.25) is 4.79 Å². The number of halogens is 3. The number of ether oxygens (including phenoxy) is 4. The number of carbonyl (C=O) groups excluding carboxylic acids is 2. The van der Waals surface area contributed by atoms with E-state index in [-0.39, 0.29) is 11.3 Å². The van der Waals surface area contributed by atoms with E-state index in [9.17, 15) is 22.8 Å². The maximum absolute atomic E-state index is 12.1. The van der Waals surface area contributed by atoms with Gasteiger partial charge in [0.1, 0.15) is 5.75 Å². The van der Waals surface area contributed by atoms with Crippen molar-refractivity contribution in [3.05, 3.63) is 59.7 Å². The first kappa shape index (κ1) is 21.8. The van der Waals surface area contributed by atoms with Crippen LogP contribution in [0.25, 0.3) is 6.08 Å². The number of esters is 1. The molecule has 9 heteroatoms. The number of hydrogen-bond acceptors (Lipinski definition) is 6. The van der Waals surface area contributed by atoms with Gasteiger partial charge in [0, 0.05) is 11.6 Å². The monoisotopic (exact) mass is 410 g/mol. The van der Waals surface area contributed by atoms with Gasteiger partial charge in [0.2, 0.25) is 0 Å². The Bertz CT molecular complexity index is 888. The number of Topliss-reactive ketones (excluding diaryl/α,β-unsaturated/α-hetero) is 1. The van der Waals surface area contributed by atoms with Crippen LogP contribution in [0.15, 0.2) is 48.5 Å². The van der Waals surface area contributed by atoms with E-state index in [2.05, 4.69) is 4.74 Å². The highest BCUT2D eigenvalue weighted by Crippen LogP contribution is 2.27. The summed E-state index contributed by atoms with van der Waals surface area (Å²) in [5, 5.41) is 0. The van der Waals surface area contributed by atoms with E-state index >= 15 is 0 Å². The Hall–Kier alpha value is -3.49. The average Bonchev–Trinajstić information content (AvgIpc) is 2.69. The minimum Gasteiger partial charge on any atom is -0.493 e. The van der Waals surface area contributed by atoms with Crippen molar-refractivity contribution in [1.82, 2.24) is 0 Å². The minimum absolute atomic E-state index is 0.277. The van der Waals surface area contributed by atoms with E-state index < -0.39 is 24.7 Å². The maximum atomic E-state index is 12.1. The molecule has 6 nitrogen and oxygen atoms in total. The lowest BCUT2D eigenvalue weighted by Crippen LogP contribution is -2.16. The van der Waals surface area contributed by atoms with Gasteiger partial charge in [-0.25, -0.2) is 4.79 Å². The summed E-state index contributed by atoms with van der Waals surface area (Å²) in [6.07, 6.45) is -2.39. The van der Waals surface area contributed by atoms with Crippen LogP contribution in [0.2, 0.25) is 0 Å². The second kappa shape index (κ2) is 9.63. The van der Waals surface area contributed by atoms with Crippen molar-refractivity contribution >= 4 is 17.8 Å². The summed E-state index contributed by atoms with van der Waals surface area (Å²) in [7, 11) is 2.89. The molecule has 0 fully saturated rings. The molecule has 0 spiro atoms.